The van der Waals surface area contributed by atoms with E-state index in [-0.39, 0.29) is 11.9 Å². The fraction of sp³-hybridized carbons (Fsp3) is 0.240. The van der Waals surface area contributed by atoms with Crippen molar-refractivity contribution < 1.29 is 4.79 Å². The second-order valence-electron chi connectivity index (χ2n) is 8.29. The summed E-state index contributed by atoms with van der Waals surface area (Å²) in [5.41, 5.74) is 6.01. The number of hydrogen-bond donors (Lipinski definition) is 2. The van der Waals surface area contributed by atoms with E-state index in [0.717, 1.165) is 43.6 Å². The first kappa shape index (κ1) is 19.7. The van der Waals surface area contributed by atoms with E-state index in [9.17, 15) is 4.79 Å². The maximum Gasteiger partial charge on any atom is 0.264 e. The Hall–Kier alpha value is -3.25. The first-order valence-corrected chi connectivity index (χ1v) is 11.3. The summed E-state index contributed by atoms with van der Waals surface area (Å²) in [4.78, 5) is 23.0. The summed E-state index contributed by atoms with van der Waals surface area (Å²) in [5.74, 6) is 0.335. The quantitative estimate of drug-likeness (QED) is 0.414. The van der Waals surface area contributed by atoms with Crippen molar-refractivity contribution in [2.45, 2.75) is 32.7 Å². The zero-order chi connectivity index (χ0) is 21.7. The van der Waals surface area contributed by atoms with Crippen LogP contribution in [0.4, 0.5) is 5.69 Å². The standard InChI is InChI=1S/C25H24N4OS/c1-5-16-12-27-23-21-17-6-7-18(15-10-14(4)22(13(2)3)26-11-15)29-19(17)8-9-20(21)31-24(23)25(30)28-16/h5-11,13,16,27H,1,12H2,2-4H3,(H,28,30)/t16-/m1/s1. The molecule has 0 aliphatic carbocycles. The Morgan fingerprint density at radius 2 is 2.10 bits per heavy atom. The number of anilines is 1. The zero-order valence-electron chi connectivity index (χ0n) is 17.8. The molecule has 0 spiro atoms. The van der Waals surface area contributed by atoms with Crippen LogP contribution in [0.15, 0.2) is 49.2 Å². The highest BCUT2D eigenvalue weighted by Gasteiger charge is 2.25. The highest BCUT2D eigenvalue weighted by Crippen LogP contribution is 2.41. The van der Waals surface area contributed by atoms with Gasteiger partial charge in [0.25, 0.3) is 5.91 Å². The van der Waals surface area contributed by atoms with Gasteiger partial charge in [0, 0.05) is 39.5 Å². The van der Waals surface area contributed by atoms with E-state index in [1.54, 1.807) is 6.08 Å². The number of carbonyl (C=O) groups excluding carboxylic acids is 1. The van der Waals surface area contributed by atoms with Crippen molar-refractivity contribution in [1.29, 1.82) is 0 Å². The van der Waals surface area contributed by atoms with Gasteiger partial charge in [0.15, 0.2) is 0 Å². The van der Waals surface area contributed by atoms with E-state index >= 15 is 0 Å². The maximum atomic E-state index is 12.7. The average Bonchev–Trinajstić information content (AvgIpc) is 3.07. The van der Waals surface area contributed by atoms with E-state index in [4.69, 9.17) is 4.98 Å². The molecule has 2 N–H and O–H groups in total. The number of hydrogen-bond acceptors (Lipinski definition) is 5. The van der Waals surface area contributed by atoms with Crippen molar-refractivity contribution in [3.63, 3.8) is 0 Å². The van der Waals surface area contributed by atoms with Crippen molar-refractivity contribution in [2.24, 2.45) is 0 Å². The molecule has 0 unspecified atom stereocenters. The van der Waals surface area contributed by atoms with E-state index in [1.807, 2.05) is 18.3 Å². The molecule has 4 heterocycles. The Morgan fingerprint density at radius 1 is 1.26 bits per heavy atom. The molecule has 3 aromatic heterocycles. The minimum absolute atomic E-state index is 0.0596. The summed E-state index contributed by atoms with van der Waals surface area (Å²) >= 11 is 1.51. The molecule has 0 fully saturated rings. The average molecular weight is 429 g/mol. The van der Waals surface area contributed by atoms with Gasteiger partial charge in [-0.25, -0.2) is 4.98 Å². The van der Waals surface area contributed by atoms with Crippen LogP contribution in [0.5, 0.6) is 0 Å². The van der Waals surface area contributed by atoms with E-state index in [2.05, 4.69) is 61.2 Å². The summed E-state index contributed by atoms with van der Waals surface area (Å²) < 4.78 is 1.07. The molecule has 0 radical (unpaired) electrons. The van der Waals surface area contributed by atoms with Crippen LogP contribution in [0.2, 0.25) is 0 Å². The molecule has 4 aromatic rings. The Kier molecular flexibility index (Phi) is 4.74. The molecule has 0 bridgehead atoms. The minimum Gasteiger partial charge on any atom is -0.381 e. The Morgan fingerprint density at radius 3 is 2.84 bits per heavy atom. The van der Waals surface area contributed by atoms with Gasteiger partial charge in [-0.05, 0) is 48.7 Å². The van der Waals surface area contributed by atoms with Gasteiger partial charge in [-0.1, -0.05) is 19.9 Å². The Labute approximate surface area is 185 Å². The van der Waals surface area contributed by atoms with Gasteiger partial charge >= 0.3 is 0 Å². The monoisotopic (exact) mass is 428 g/mol. The first-order valence-electron chi connectivity index (χ1n) is 10.5. The molecule has 1 aliphatic rings. The lowest BCUT2D eigenvalue weighted by Crippen LogP contribution is -2.34. The number of pyridine rings is 2. The summed E-state index contributed by atoms with van der Waals surface area (Å²) in [7, 11) is 0. The van der Waals surface area contributed by atoms with Crippen molar-refractivity contribution in [2.75, 3.05) is 11.9 Å². The topological polar surface area (TPSA) is 66.9 Å². The van der Waals surface area contributed by atoms with E-state index in [0.29, 0.717) is 17.3 Å². The predicted octanol–water partition coefficient (Wildman–Crippen LogP) is 5.65. The molecular formula is C25H24N4OS. The maximum absolute atomic E-state index is 12.7. The van der Waals surface area contributed by atoms with Gasteiger partial charge in [0.2, 0.25) is 0 Å². The molecule has 6 heteroatoms. The normalized spacial score (nSPS) is 16.1. The highest BCUT2D eigenvalue weighted by molar-refractivity contribution is 7.21. The fourth-order valence-electron chi connectivity index (χ4n) is 4.26. The van der Waals surface area contributed by atoms with Crippen molar-refractivity contribution in [1.82, 2.24) is 15.3 Å². The van der Waals surface area contributed by atoms with E-state index < -0.39 is 0 Å². The van der Waals surface area contributed by atoms with Crippen LogP contribution >= 0.6 is 11.3 Å². The number of carbonyl (C=O) groups is 1. The molecule has 5 nitrogen and oxygen atoms in total. The van der Waals surface area contributed by atoms with Crippen LogP contribution < -0.4 is 10.6 Å². The van der Waals surface area contributed by atoms with Gasteiger partial charge < -0.3 is 10.6 Å². The van der Waals surface area contributed by atoms with Gasteiger partial charge in [0.05, 0.1) is 22.9 Å². The number of nitrogens with zero attached hydrogens (tertiary/aromatic N) is 2. The lowest BCUT2D eigenvalue weighted by molar-refractivity contribution is 0.0953. The number of nitrogens with one attached hydrogen (secondary N) is 2. The van der Waals surface area contributed by atoms with Gasteiger partial charge in [0.1, 0.15) is 4.88 Å². The largest absolute Gasteiger partial charge is 0.381 e. The van der Waals surface area contributed by atoms with Crippen LogP contribution in [0.25, 0.3) is 32.2 Å². The molecule has 1 aromatic carbocycles. The molecular weight excluding hydrogens is 404 g/mol. The number of fused-ring (bicyclic) bond motifs is 5. The Balaban J connectivity index is 1.64. The second-order valence-corrected chi connectivity index (χ2v) is 9.34. The third kappa shape index (κ3) is 3.27. The molecule has 5 rings (SSSR count). The number of aromatic nitrogens is 2. The highest BCUT2D eigenvalue weighted by atomic mass is 32.1. The first-order chi connectivity index (χ1) is 15.0. The van der Waals surface area contributed by atoms with Gasteiger partial charge in [-0.2, -0.15) is 0 Å². The minimum atomic E-state index is -0.0913. The molecule has 1 aliphatic heterocycles. The van der Waals surface area contributed by atoms with Crippen molar-refractivity contribution in [3.05, 3.63) is 65.3 Å². The summed E-state index contributed by atoms with van der Waals surface area (Å²) in [6.07, 6.45) is 3.67. The van der Waals surface area contributed by atoms with Crippen LogP contribution in [0.3, 0.4) is 0 Å². The van der Waals surface area contributed by atoms with Gasteiger partial charge in [-0.3, -0.25) is 9.78 Å². The third-order valence-electron chi connectivity index (χ3n) is 5.79. The van der Waals surface area contributed by atoms with Crippen LogP contribution in [0.1, 0.15) is 40.7 Å². The number of rotatable bonds is 3. The molecule has 0 saturated carbocycles. The number of amides is 1. The number of thiophene rings is 1. The number of benzene rings is 1. The molecule has 31 heavy (non-hydrogen) atoms. The zero-order valence-corrected chi connectivity index (χ0v) is 18.6. The molecule has 1 amide bonds. The van der Waals surface area contributed by atoms with Crippen LogP contribution in [-0.4, -0.2) is 28.5 Å². The van der Waals surface area contributed by atoms with Gasteiger partial charge in [-0.15, -0.1) is 17.9 Å². The smallest absolute Gasteiger partial charge is 0.264 e. The lowest BCUT2D eigenvalue weighted by Gasteiger charge is -2.12. The summed E-state index contributed by atoms with van der Waals surface area (Å²) in [5, 5.41) is 8.57. The summed E-state index contributed by atoms with van der Waals surface area (Å²) in [6, 6.07) is 10.3. The molecule has 1 atom stereocenters. The SMILES string of the molecule is C=C[C@@H]1CNc2c(sc3ccc4nc(-c5cnc(C(C)C)c(C)c5)ccc4c23)C(=O)N1. The second kappa shape index (κ2) is 7.46. The molecule has 156 valence electrons. The summed E-state index contributed by atoms with van der Waals surface area (Å²) in [6.45, 7) is 10.8. The van der Waals surface area contributed by atoms with E-state index in [1.165, 1.54) is 16.9 Å². The number of aryl methyl sites for hydroxylation is 1. The predicted molar refractivity (Wildman–Crippen MR) is 129 cm³/mol. The lowest BCUT2D eigenvalue weighted by atomic mass is 10.0. The van der Waals surface area contributed by atoms with Crippen molar-refractivity contribution in [3.8, 4) is 11.3 Å². The third-order valence-corrected chi connectivity index (χ3v) is 6.94. The van der Waals surface area contributed by atoms with Crippen LogP contribution in [-0.2, 0) is 0 Å². The molecule has 0 saturated heterocycles. The fourth-order valence-corrected chi connectivity index (χ4v) is 5.36. The van der Waals surface area contributed by atoms with Crippen LogP contribution in [0, 0.1) is 6.92 Å². The Bertz CT molecular complexity index is 1350. The van der Waals surface area contributed by atoms with Crippen molar-refractivity contribution >= 4 is 43.9 Å².